The Kier molecular flexibility index (Phi) is 7.12. The molecule has 0 fully saturated rings. The summed E-state index contributed by atoms with van der Waals surface area (Å²) >= 11 is 7.56. The van der Waals surface area contributed by atoms with Gasteiger partial charge in [-0.05, 0) is 49.7 Å². The van der Waals surface area contributed by atoms with Gasteiger partial charge in [0, 0.05) is 35.4 Å². The van der Waals surface area contributed by atoms with Crippen molar-refractivity contribution >= 4 is 46.6 Å². The van der Waals surface area contributed by atoms with E-state index in [-0.39, 0.29) is 17.6 Å². The molecule has 1 heterocycles. The number of aromatic nitrogens is 3. The topological polar surface area (TPSA) is 88.9 Å². The normalized spacial score (nSPS) is 10.7. The van der Waals surface area contributed by atoms with Gasteiger partial charge in [-0.1, -0.05) is 35.5 Å². The second-order valence-corrected chi connectivity index (χ2v) is 7.96. The van der Waals surface area contributed by atoms with E-state index in [1.54, 1.807) is 24.3 Å². The third-order valence-corrected chi connectivity index (χ3v) is 5.66. The molecule has 0 saturated carbocycles. The molecule has 0 saturated heterocycles. The summed E-state index contributed by atoms with van der Waals surface area (Å²) in [6.45, 7) is 6.07. The Balaban J connectivity index is 1.64. The number of anilines is 2. The Morgan fingerprint density at radius 3 is 2.33 bits per heavy atom. The van der Waals surface area contributed by atoms with Crippen molar-refractivity contribution in [2.24, 2.45) is 0 Å². The van der Waals surface area contributed by atoms with Crippen molar-refractivity contribution in [3.63, 3.8) is 0 Å². The maximum absolute atomic E-state index is 12.3. The van der Waals surface area contributed by atoms with Gasteiger partial charge in [0.25, 0.3) is 0 Å². The molecule has 0 unspecified atom stereocenters. The van der Waals surface area contributed by atoms with Gasteiger partial charge >= 0.3 is 0 Å². The van der Waals surface area contributed by atoms with Crippen LogP contribution in [-0.4, -0.2) is 32.3 Å². The average Bonchev–Trinajstić information content (AvgIpc) is 3.12. The van der Waals surface area contributed by atoms with E-state index in [1.807, 2.05) is 36.6 Å². The Hall–Kier alpha value is -2.84. The van der Waals surface area contributed by atoms with E-state index in [0.29, 0.717) is 28.1 Å². The highest BCUT2D eigenvalue weighted by Gasteiger charge is 2.15. The van der Waals surface area contributed by atoms with Gasteiger partial charge in [-0.15, -0.1) is 10.2 Å². The van der Waals surface area contributed by atoms with Crippen molar-refractivity contribution in [2.45, 2.75) is 32.5 Å². The second-order valence-electron chi connectivity index (χ2n) is 6.61. The zero-order valence-electron chi connectivity index (χ0n) is 16.9. The largest absolute Gasteiger partial charge is 0.326 e. The van der Waals surface area contributed by atoms with Gasteiger partial charge in [0.2, 0.25) is 11.8 Å². The van der Waals surface area contributed by atoms with Crippen LogP contribution in [0.25, 0.3) is 11.4 Å². The number of rotatable bonds is 7. The third-order valence-electron chi connectivity index (χ3n) is 4.28. The van der Waals surface area contributed by atoms with Gasteiger partial charge in [0.1, 0.15) is 0 Å². The monoisotopic (exact) mass is 443 g/mol. The summed E-state index contributed by atoms with van der Waals surface area (Å²) in [4.78, 5) is 23.4. The zero-order chi connectivity index (χ0) is 21.7. The van der Waals surface area contributed by atoms with Gasteiger partial charge in [-0.25, -0.2) is 0 Å². The molecule has 156 valence electrons. The number of thioether (sulfide) groups is 1. The lowest BCUT2D eigenvalue weighted by molar-refractivity contribution is -0.114. The minimum atomic E-state index is -0.155. The maximum atomic E-state index is 12.3. The first kappa shape index (κ1) is 21.9. The fourth-order valence-electron chi connectivity index (χ4n) is 2.79. The smallest absolute Gasteiger partial charge is 0.234 e. The minimum Gasteiger partial charge on any atom is -0.326 e. The Morgan fingerprint density at radius 2 is 1.73 bits per heavy atom. The Labute approximate surface area is 184 Å². The van der Waals surface area contributed by atoms with Crippen LogP contribution in [0.1, 0.15) is 19.4 Å². The number of aryl methyl sites for hydroxylation is 1. The lowest BCUT2D eigenvalue weighted by atomic mass is 10.1. The molecule has 0 atom stereocenters. The summed E-state index contributed by atoms with van der Waals surface area (Å²) < 4.78 is 1.96. The van der Waals surface area contributed by atoms with E-state index in [4.69, 9.17) is 11.6 Å². The predicted molar refractivity (Wildman–Crippen MR) is 121 cm³/mol. The van der Waals surface area contributed by atoms with E-state index in [9.17, 15) is 9.59 Å². The molecule has 30 heavy (non-hydrogen) atoms. The van der Waals surface area contributed by atoms with Crippen molar-refractivity contribution in [2.75, 3.05) is 16.4 Å². The lowest BCUT2D eigenvalue weighted by Crippen LogP contribution is -2.14. The summed E-state index contributed by atoms with van der Waals surface area (Å²) in [7, 11) is 0. The van der Waals surface area contributed by atoms with Crippen LogP contribution in [-0.2, 0) is 16.1 Å². The van der Waals surface area contributed by atoms with Crippen LogP contribution >= 0.6 is 23.4 Å². The van der Waals surface area contributed by atoms with E-state index in [1.165, 1.54) is 18.7 Å². The first-order chi connectivity index (χ1) is 14.4. The van der Waals surface area contributed by atoms with Crippen molar-refractivity contribution in [1.29, 1.82) is 0 Å². The highest BCUT2D eigenvalue weighted by atomic mass is 35.5. The Morgan fingerprint density at radius 1 is 1.07 bits per heavy atom. The molecule has 7 nitrogen and oxygen atoms in total. The maximum Gasteiger partial charge on any atom is 0.234 e. The number of halogens is 1. The third kappa shape index (κ3) is 5.40. The Bertz CT molecular complexity index is 1070. The van der Waals surface area contributed by atoms with Crippen LogP contribution in [0, 0.1) is 6.92 Å². The number of benzene rings is 2. The van der Waals surface area contributed by atoms with Crippen LogP contribution in [0.5, 0.6) is 0 Å². The van der Waals surface area contributed by atoms with Crippen molar-refractivity contribution in [1.82, 2.24) is 14.8 Å². The first-order valence-electron chi connectivity index (χ1n) is 9.37. The standard InChI is InChI=1S/C21H22ClN5O2S/c1-4-27-20(15-6-5-13(2)18(22)11-15)25-26-21(27)30-12-19(29)24-17-9-7-16(8-10-17)23-14(3)28/h5-11H,4,12H2,1-3H3,(H,23,28)(H,24,29). The van der Waals surface area contributed by atoms with Gasteiger partial charge < -0.3 is 15.2 Å². The number of hydrogen-bond donors (Lipinski definition) is 2. The highest BCUT2D eigenvalue weighted by molar-refractivity contribution is 7.99. The molecule has 0 spiro atoms. The van der Waals surface area contributed by atoms with Gasteiger partial charge in [0.05, 0.1) is 5.75 Å². The SMILES string of the molecule is CCn1c(SCC(=O)Nc2ccc(NC(C)=O)cc2)nnc1-c1ccc(C)c(Cl)c1. The number of nitrogens with one attached hydrogen (secondary N) is 2. The number of amides is 2. The zero-order valence-corrected chi connectivity index (χ0v) is 18.5. The number of hydrogen-bond acceptors (Lipinski definition) is 5. The minimum absolute atomic E-state index is 0.143. The van der Waals surface area contributed by atoms with Crippen molar-refractivity contribution in [3.05, 3.63) is 53.1 Å². The summed E-state index contributed by atoms with van der Waals surface area (Å²) in [6, 6.07) is 12.7. The second kappa shape index (κ2) is 9.77. The molecule has 0 aliphatic rings. The van der Waals surface area contributed by atoms with Crippen molar-refractivity contribution < 1.29 is 9.59 Å². The van der Waals surface area contributed by atoms with E-state index in [0.717, 1.165) is 17.0 Å². The van der Waals surface area contributed by atoms with E-state index >= 15 is 0 Å². The highest BCUT2D eigenvalue weighted by Crippen LogP contribution is 2.27. The molecule has 0 bridgehead atoms. The molecule has 2 aromatic carbocycles. The molecular formula is C21H22ClN5O2S. The number of nitrogens with zero attached hydrogens (tertiary/aromatic N) is 3. The molecular weight excluding hydrogens is 422 g/mol. The molecule has 2 N–H and O–H groups in total. The van der Waals surface area contributed by atoms with E-state index in [2.05, 4.69) is 20.8 Å². The van der Waals surface area contributed by atoms with Gasteiger partial charge in [-0.2, -0.15) is 0 Å². The first-order valence-corrected chi connectivity index (χ1v) is 10.7. The van der Waals surface area contributed by atoms with Crippen LogP contribution in [0.15, 0.2) is 47.6 Å². The van der Waals surface area contributed by atoms with Gasteiger partial charge in [0.15, 0.2) is 11.0 Å². The molecule has 3 aromatic rings. The molecule has 0 radical (unpaired) electrons. The summed E-state index contributed by atoms with van der Waals surface area (Å²) in [5, 5.41) is 15.4. The van der Waals surface area contributed by atoms with E-state index < -0.39 is 0 Å². The number of carbonyl (C=O) groups is 2. The average molecular weight is 444 g/mol. The van der Waals surface area contributed by atoms with Crippen LogP contribution in [0.4, 0.5) is 11.4 Å². The van der Waals surface area contributed by atoms with Crippen LogP contribution in [0.2, 0.25) is 5.02 Å². The van der Waals surface area contributed by atoms with Gasteiger partial charge in [-0.3, -0.25) is 9.59 Å². The number of carbonyl (C=O) groups excluding carboxylic acids is 2. The molecule has 3 rings (SSSR count). The van der Waals surface area contributed by atoms with Crippen molar-refractivity contribution in [3.8, 4) is 11.4 Å². The molecule has 9 heteroatoms. The summed E-state index contributed by atoms with van der Waals surface area (Å²) in [6.07, 6.45) is 0. The fraction of sp³-hybridized carbons (Fsp3) is 0.238. The van der Waals surface area contributed by atoms with Crippen LogP contribution < -0.4 is 10.6 Å². The van der Waals surface area contributed by atoms with Crippen LogP contribution in [0.3, 0.4) is 0 Å². The lowest BCUT2D eigenvalue weighted by Gasteiger charge is -2.09. The molecule has 0 aliphatic heterocycles. The molecule has 1 aromatic heterocycles. The quantitative estimate of drug-likeness (QED) is 0.520. The summed E-state index contributed by atoms with van der Waals surface area (Å²) in [5.74, 6) is 0.615. The molecule has 0 aliphatic carbocycles. The fourth-order valence-corrected chi connectivity index (χ4v) is 3.78. The molecule has 2 amide bonds. The summed E-state index contributed by atoms with van der Waals surface area (Å²) in [5.41, 5.74) is 3.21. The predicted octanol–water partition coefficient (Wildman–Crippen LogP) is 4.62.